The molecule has 3 aromatic rings. The summed E-state index contributed by atoms with van der Waals surface area (Å²) in [6.45, 7) is 1.80. The van der Waals surface area contributed by atoms with Crippen molar-refractivity contribution < 1.29 is 14.3 Å². The zero-order valence-corrected chi connectivity index (χ0v) is 14.5. The number of carboxylic acid groups (broad SMARTS) is 1. The third-order valence-electron chi connectivity index (χ3n) is 5.04. The molecule has 0 aliphatic heterocycles. The minimum atomic E-state index is -1.11. The molecule has 0 radical (unpaired) electrons. The molecule has 3 heterocycles. The van der Waals surface area contributed by atoms with Crippen LogP contribution in [-0.4, -0.2) is 26.0 Å². The van der Waals surface area contributed by atoms with Crippen LogP contribution in [0.3, 0.4) is 0 Å². The highest BCUT2D eigenvalue weighted by atomic mass is 16.4. The summed E-state index contributed by atoms with van der Waals surface area (Å²) in [6.07, 6.45) is 7.51. The summed E-state index contributed by atoms with van der Waals surface area (Å²) in [5.74, 6) is -0.180. The number of carbonyl (C=O) groups is 1. The van der Waals surface area contributed by atoms with Gasteiger partial charge in [-0.05, 0) is 25.3 Å². The van der Waals surface area contributed by atoms with Gasteiger partial charge in [-0.3, -0.25) is 4.79 Å². The van der Waals surface area contributed by atoms with E-state index < -0.39 is 5.97 Å². The molecule has 0 amide bonds. The van der Waals surface area contributed by atoms with E-state index in [2.05, 4.69) is 15.0 Å². The fraction of sp³-hybridized carbons (Fsp3) is 0.421. The lowest BCUT2D eigenvalue weighted by atomic mass is 9.89. The third kappa shape index (κ3) is 2.73. The molecule has 0 unspecified atom stereocenters. The van der Waals surface area contributed by atoms with Crippen molar-refractivity contribution in [3.8, 4) is 0 Å². The Hall–Kier alpha value is -2.83. The lowest BCUT2D eigenvalue weighted by molar-refractivity contribution is 0.0695. The van der Waals surface area contributed by atoms with Crippen molar-refractivity contribution in [2.24, 2.45) is 0 Å². The van der Waals surface area contributed by atoms with Crippen LogP contribution in [0.1, 0.15) is 66.8 Å². The van der Waals surface area contributed by atoms with Gasteiger partial charge in [0.15, 0.2) is 11.1 Å². The first-order valence-electron chi connectivity index (χ1n) is 8.95. The molecule has 1 fully saturated rings. The Labute approximate surface area is 149 Å². The van der Waals surface area contributed by atoms with Crippen molar-refractivity contribution in [1.29, 1.82) is 0 Å². The Morgan fingerprint density at radius 2 is 2.04 bits per heavy atom. The molecule has 1 aliphatic rings. The van der Waals surface area contributed by atoms with Crippen LogP contribution in [0, 0.1) is 0 Å². The van der Waals surface area contributed by atoms with Gasteiger partial charge < -0.3 is 9.52 Å². The molecule has 0 aromatic carbocycles. The lowest BCUT2D eigenvalue weighted by Gasteiger charge is -2.19. The van der Waals surface area contributed by atoms with E-state index >= 15 is 0 Å². The van der Waals surface area contributed by atoms with Crippen molar-refractivity contribution in [2.45, 2.75) is 51.4 Å². The predicted molar refractivity (Wildman–Crippen MR) is 95.5 cm³/mol. The minimum absolute atomic E-state index is 0.0215. The number of hydrogen-bond acceptors (Lipinski definition) is 6. The van der Waals surface area contributed by atoms with Gasteiger partial charge in [0.25, 0.3) is 0 Å². The predicted octanol–water partition coefficient (Wildman–Crippen LogP) is 3.44. The molecule has 0 atom stereocenters. The maximum absolute atomic E-state index is 12.9. The van der Waals surface area contributed by atoms with Crippen LogP contribution in [0.5, 0.6) is 0 Å². The highest BCUT2D eigenvalue weighted by Crippen LogP contribution is 2.31. The molecule has 0 saturated heterocycles. The van der Waals surface area contributed by atoms with Gasteiger partial charge in [0.1, 0.15) is 5.82 Å². The number of fused-ring (bicyclic) bond motifs is 2. The summed E-state index contributed by atoms with van der Waals surface area (Å²) in [5.41, 5.74) is 0.632. The summed E-state index contributed by atoms with van der Waals surface area (Å²) >= 11 is 0. The maximum Gasteiger partial charge on any atom is 0.337 e. The van der Waals surface area contributed by atoms with Crippen LogP contribution >= 0.6 is 0 Å². The number of aromatic nitrogens is 3. The van der Waals surface area contributed by atoms with E-state index in [0.717, 1.165) is 25.7 Å². The van der Waals surface area contributed by atoms with E-state index in [1.54, 1.807) is 6.92 Å². The zero-order chi connectivity index (χ0) is 18.3. The molecule has 1 aliphatic carbocycles. The smallest absolute Gasteiger partial charge is 0.337 e. The van der Waals surface area contributed by atoms with Gasteiger partial charge in [-0.25, -0.2) is 19.7 Å². The molecule has 1 N–H and O–H groups in total. The summed E-state index contributed by atoms with van der Waals surface area (Å²) in [6, 6.07) is 1.34. The van der Waals surface area contributed by atoms with E-state index in [1.165, 1.54) is 18.7 Å². The van der Waals surface area contributed by atoms with Crippen molar-refractivity contribution in [1.82, 2.24) is 15.0 Å². The van der Waals surface area contributed by atoms with Crippen LogP contribution in [-0.2, 0) is 6.42 Å². The Bertz CT molecular complexity index is 1070. The van der Waals surface area contributed by atoms with Gasteiger partial charge in [0.05, 0.1) is 22.8 Å². The summed E-state index contributed by atoms with van der Waals surface area (Å²) in [7, 11) is 0. The maximum atomic E-state index is 12.9. The Morgan fingerprint density at radius 3 is 2.73 bits per heavy atom. The second-order valence-corrected chi connectivity index (χ2v) is 6.70. The van der Waals surface area contributed by atoms with Gasteiger partial charge in [-0.1, -0.05) is 26.2 Å². The monoisotopic (exact) mass is 353 g/mol. The minimum Gasteiger partial charge on any atom is -0.478 e. The van der Waals surface area contributed by atoms with Crippen LogP contribution in [0.15, 0.2) is 21.5 Å². The van der Waals surface area contributed by atoms with Crippen molar-refractivity contribution >= 4 is 28.2 Å². The first-order valence-corrected chi connectivity index (χ1v) is 8.95. The molecule has 7 heteroatoms. The average Bonchev–Trinajstić information content (AvgIpc) is 2.67. The molecule has 3 aromatic heterocycles. The van der Waals surface area contributed by atoms with E-state index in [0.29, 0.717) is 17.9 Å². The third-order valence-corrected chi connectivity index (χ3v) is 5.04. The zero-order valence-electron chi connectivity index (χ0n) is 14.5. The fourth-order valence-corrected chi connectivity index (χ4v) is 3.64. The number of pyridine rings is 1. The summed E-state index contributed by atoms with van der Waals surface area (Å²) < 4.78 is 5.72. The molecule has 26 heavy (non-hydrogen) atoms. The normalized spacial score (nSPS) is 15.6. The highest BCUT2D eigenvalue weighted by molar-refractivity contribution is 5.94. The largest absolute Gasteiger partial charge is 0.478 e. The standard InChI is InChI=1S/C19H19N3O4/c1-2-13-11(19(24)25)8-12-16(23)15-14(26-18(12)21-13)9-20-17(22-15)10-6-4-3-5-7-10/h8-10H,2-7H2,1H3,(H,24,25). The highest BCUT2D eigenvalue weighted by Gasteiger charge is 2.21. The topological polar surface area (TPSA) is 106 Å². The van der Waals surface area contributed by atoms with Crippen molar-refractivity contribution in [2.75, 3.05) is 0 Å². The number of aromatic carboxylic acids is 1. The fourth-order valence-electron chi connectivity index (χ4n) is 3.64. The van der Waals surface area contributed by atoms with E-state index in [9.17, 15) is 14.7 Å². The van der Waals surface area contributed by atoms with Gasteiger partial charge in [0.2, 0.25) is 11.1 Å². The lowest BCUT2D eigenvalue weighted by Crippen LogP contribution is -2.13. The molecule has 134 valence electrons. The Morgan fingerprint density at radius 1 is 1.27 bits per heavy atom. The van der Waals surface area contributed by atoms with Gasteiger partial charge >= 0.3 is 5.97 Å². The number of hydrogen-bond donors (Lipinski definition) is 1. The Kier molecular flexibility index (Phi) is 4.14. The van der Waals surface area contributed by atoms with Crippen LogP contribution < -0.4 is 5.43 Å². The van der Waals surface area contributed by atoms with Crippen LogP contribution in [0.4, 0.5) is 0 Å². The average molecular weight is 353 g/mol. The van der Waals surface area contributed by atoms with E-state index in [-0.39, 0.29) is 39.1 Å². The number of aryl methyl sites for hydroxylation is 1. The van der Waals surface area contributed by atoms with Crippen LogP contribution in [0.2, 0.25) is 0 Å². The van der Waals surface area contributed by atoms with Gasteiger partial charge in [-0.15, -0.1) is 0 Å². The van der Waals surface area contributed by atoms with Gasteiger partial charge in [-0.2, -0.15) is 0 Å². The quantitative estimate of drug-likeness (QED) is 0.719. The molecule has 4 rings (SSSR count). The number of carboxylic acids is 1. The van der Waals surface area contributed by atoms with Crippen LogP contribution in [0.25, 0.3) is 22.2 Å². The van der Waals surface area contributed by atoms with Crippen molar-refractivity contribution in [3.05, 3.63) is 39.6 Å². The van der Waals surface area contributed by atoms with Gasteiger partial charge in [0, 0.05) is 5.92 Å². The Balaban J connectivity index is 1.93. The molecule has 7 nitrogen and oxygen atoms in total. The van der Waals surface area contributed by atoms with Crippen molar-refractivity contribution in [3.63, 3.8) is 0 Å². The first-order chi connectivity index (χ1) is 12.6. The first kappa shape index (κ1) is 16.6. The molecule has 0 bridgehead atoms. The summed E-state index contributed by atoms with van der Waals surface area (Å²) in [5, 5.41) is 9.52. The SMILES string of the molecule is CCc1nc2oc3cnc(C4CCCCC4)nc3c(=O)c2cc1C(=O)O. The van der Waals surface area contributed by atoms with E-state index in [4.69, 9.17) is 4.42 Å². The molecular formula is C19H19N3O4. The molecule has 1 saturated carbocycles. The number of rotatable bonds is 3. The number of nitrogens with zero attached hydrogens (tertiary/aromatic N) is 3. The molecule has 0 spiro atoms. The second-order valence-electron chi connectivity index (χ2n) is 6.70. The molecular weight excluding hydrogens is 334 g/mol. The summed E-state index contributed by atoms with van der Waals surface area (Å²) in [4.78, 5) is 37.5. The van der Waals surface area contributed by atoms with E-state index in [1.807, 2.05) is 0 Å². The second kappa shape index (κ2) is 6.48.